The molecule has 0 unspecified atom stereocenters. The van der Waals surface area contributed by atoms with Gasteiger partial charge in [0.25, 0.3) is 9.04 Å². The van der Waals surface area contributed by atoms with Crippen LogP contribution in [0.3, 0.4) is 0 Å². The Bertz CT molecular complexity index is 352. The lowest BCUT2D eigenvalue weighted by atomic mass is 10.1. The zero-order chi connectivity index (χ0) is 12.8. The van der Waals surface area contributed by atoms with Crippen LogP contribution >= 0.6 is 0 Å². The van der Waals surface area contributed by atoms with E-state index in [-0.39, 0.29) is 0 Å². The molecule has 3 heteroatoms. The molecule has 0 aliphatic heterocycles. The topological polar surface area (TPSA) is 21.6 Å². The lowest BCUT2D eigenvalue weighted by Crippen LogP contribution is -2.23. The number of nitrogens with zero attached hydrogens (tertiary/aromatic N) is 1. The van der Waals surface area contributed by atoms with Crippen LogP contribution < -0.4 is 0 Å². The largest absolute Gasteiger partial charge is 0.458 e. The van der Waals surface area contributed by atoms with Crippen molar-refractivity contribution in [2.45, 2.75) is 45.7 Å². The van der Waals surface area contributed by atoms with Crippen molar-refractivity contribution < 1.29 is 4.53 Å². The molecule has 0 heterocycles. The molecule has 1 rings (SSSR count). The van der Waals surface area contributed by atoms with Crippen LogP contribution in [0, 0.1) is 0 Å². The third-order valence-electron chi connectivity index (χ3n) is 2.82. The Labute approximate surface area is 106 Å². The molecular weight excluding hydrogens is 226 g/mol. The molecule has 94 valence electrons. The first kappa shape index (κ1) is 14.0. The summed E-state index contributed by atoms with van der Waals surface area (Å²) in [6.45, 7) is 10.9. The Balaban J connectivity index is 2.70. The predicted octanol–water partition coefficient (Wildman–Crippen LogP) is 3.97. The fraction of sp³-hybridized carbons (Fsp3) is 0.500. The van der Waals surface area contributed by atoms with E-state index in [9.17, 15) is 0 Å². The van der Waals surface area contributed by atoms with Gasteiger partial charge in [0.1, 0.15) is 0 Å². The van der Waals surface area contributed by atoms with E-state index < -0.39 is 9.04 Å². The van der Waals surface area contributed by atoms with Crippen molar-refractivity contribution in [1.82, 2.24) is 0 Å². The van der Waals surface area contributed by atoms with Crippen molar-refractivity contribution in [2.24, 2.45) is 5.16 Å². The minimum absolute atomic E-state index is 0.613. The third kappa shape index (κ3) is 4.34. The van der Waals surface area contributed by atoms with E-state index >= 15 is 0 Å². The zero-order valence-corrected chi connectivity index (χ0v) is 12.6. The molecule has 0 N–H and O–H groups in total. The Morgan fingerprint density at radius 1 is 1.06 bits per heavy atom. The van der Waals surface area contributed by atoms with Gasteiger partial charge in [0.15, 0.2) is 0 Å². The molecule has 2 nitrogen and oxygen atoms in total. The van der Waals surface area contributed by atoms with Gasteiger partial charge in [0, 0.05) is 0 Å². The third-order valence-corrected chi connectivity index (χ3v) is 5.79. The maximum absolute atomic E-state index is 5.81. The molecule has 0 saturated carbocycles. The first-order valence-electron chi connectivity index (χ1n) is 6.28. The van der Waals surface area contributed by atoms with E-state index in [2.05, 4.69) is 45.0 Å². The van der Waals surface area contributed by atoms with Gasteiger partial charge in [-0.15, -0.1) is 5.16 Å². The lowest BCUT2D eigenvalue weighted by Gasteiger charge is -2.20. The fourth-order valence-electron chi connectivity index (χ4n) is 1.89. The van der Waals surface area contributed by atoms with Gasteiger partial charge in [-0.3, -0.25) is 0 Å². The molecule has 0 bridgehead atoms. The van der Waals surface area contributed by atoms with E-state index in [1.807, 2.05) is 25.1 Å². The minimum atomic E-state index is -1.25. The molecule has 0 atom stereocenters. The first-order valence-corrected chi connectivity index (χ1v) is 8.08. The summed E-state index contributed by atoms with van der Waals surface area (Å²) in [7, 11) is -1.25. The molecule has 1 aromatic rings. The molecular formula is C14H23NOSi. The highest BCUT2D eigenvalue weighted by Crippen LogP contribution is 2.21. The van der Waals surface area contributed by atoms with Gasteiger partial charge in [-0.05, 0) is 23.6 Å². The summed E-state index contributed by atoms with van der Waals surface area (Å²) in [6, 6.07) is 10.2. The molecule has 0 aliphatic carbocycles. The summed E-state index contributed by atoms with van der Waals surface area (Å²) in [5, 5.41) is 4.32. The van der Waals surface area contributed by atoms with Crippen LogP contribution in [-0.2, 0) is 4.53 Å². The molecule has 0 fully saturated rings. The highest BCUT2D eigenvalue weighted by Gasteiger charge is 2.22. The normalized spacial score (nSPS) is 12.6. The first-order chi connectivity index (χ1) is 8.02. The van der Waals surface area contributed by atoms with Gasteiger partial charge < -0.3 is 4.53 Å². The SMILES string of the molecule is CC(=NO[SiH](C(C)C)C(C)C)c1ccccc1. The smallest absolute Gasteiger partial charge is 0.277 e. The van der Waals surface area contributed by atoms with Crippen molar-refractivity contribution in [3.63, 3.8) is 0 Å². The van der Waals surface area contributed by atoms with Gasteiger partial charge >= 0.3 is 0 Å². The van der Waals surface area contributed by atoms with Crippen LogP contribution in [0.15, 0.2) is 35.5 Å². The molecule has 0 saturated heterocycles. The van der Waals surface area contributed by atoms with Gasteiger partial charge in [0.05, 0.1) is 5.71 Å². The van der Waals surface area contributed by atoms with Crippen molar-refractivity contribution in [2.75, 3.05) is 0 Å². The van der Waals surface area contributed by atoms with Crippen molar-refractivity contribution >= 4 is 14.8 Å². The molecule has 0 aliphatic rings. The summed E-state index contributed by atoms with van der Waals surface area (Å²) in [6.07, 6.45) is 0. The summed E-state index contributed by atoms with van der Waals surface area (Å²) in [5.74, 6) is 0. The van der Waals surface area contributed by atoms with Crippen LogP contribution in [0.2, 0.25) is 11.1 Å². The van der Waals surface area contributed by atoms with Gasteiger partial charge in [-0.1, -0.05) is 58.0 Å². The zero-order valence-electron chi connectivity index (χ0n) is 11.5. The number of hydrogen-bond donors (Lipinski definition) is 0. The maximum Gasteiger partial charge on any atom is 0.277 e. The average Bonchev–Trinajstić information content (AvgIpc) is 2.29. The van der Waals surface area contributed by atoms with E-state index in [0.717, 1.165) is 11.3 Å². The lowest BCUT2D eigenvalue weighted by molar-refractivity contribution is 0.330. The van der Waals surface area contributed by atoms with Gasteiger partial charge in [0.2, 0.25) is 0 Å². The molecule has 0 radical (unpaired) electrons. The summed E-state index contributed by atoms with van der Waals surface area (Å²) in [4.78, 5) is 0. The number of hydrogen-bond acceptors (Lipinski definition) is 2. The van der Waals surface area contributed by atoms with Crippen LogP contribution in [-0.4, -0.2) is 14.8 Å². The van der Waals surface area contributed by atoms with Gasteiger partial charge in [-0.25, -0.2) is 0 Å². The standard InChI is InChI=1S/C14H23NOSi/c1-11(2)17(12(3)4)16-15-13(5)14-9-7-6-8-10-14/h6-12,17H,1-5H3. The minimum Gasteiger partial charge on any atom is -0.458 e. The predicted molar refractivity (Wildman–Crippen MR) is 77.1 cm³/mol. The van der Waals surface area contributed by atoms with Gasteiger partial charge in [-0.2, -0.15) is 0 Å². The fourth-order valence-corrected chi connectivity index (χ4v) is 4.19. The Kier molecular flexibility index (Phi) is 5.42. The maximum atomic E-state index is 5.81. The van der Waals surface area contributed by atoms with Crippen molar-refractivity contribution in [3.8, 4) is 0 Å². The molecule has 17 heavy (non-hydrogen) atoms. The van der Waals surface area contributed by atoms with Crippen LogP contribution in [0.5, 0.6) is 0 Å². The second kappa shape index (κ2) is 6.60. The van der Waals surface area contributed by atoms with E-state index in [1.54, 1.807) is 0 Å². The summed E-state index contributed by atoms with van der Waals surface area (Å²) < 4.78 is 5.81. The Morgan fingerprint density at radius 2 is 1.59 bits per heavy atom. The molecule has 0 spiro atoms. The van der Waals surface area contributed by atoms with Crippen LogP contribution in [0.25, 0.3) is 0 Å². The quantitative estimate of drug-likeness (QED) is 0.439. The summed E-state index contributed by atoms with van der Waals surface area (Å²) >= 11 is 0. The Morgan fingerprint density at radius 3 is 2.06 bits per heavy atom. The Hall–Kier alpha value is -1.09. The highest BCUT2D eigenvalue weighted by atomic mass is 28.3. The molecule has 0 amide bonds. The molecule has 0 aromatic heterocycles. The average molecular weight is 249 g/mol. The van der Waals surface area contributed by atoms with Crippen molar-refractivity contribution in [1.29, 1.82) is 0 Å². The summed E-state index contributed by atoms with van der Waals surface area (Å²) in [5.41, 5.74) is 3.32. The van der Waals surface area contributed by atoms with Crippen LogP contribution in [0.4, 0.5) is 0 Å². The number of oxime groups is 1. The van der Waals surface area contributed by atoms with E-state index in [1.165, 1.54) is 0 Å². The van der Waals surface area contributed by atoms with Crippen LogP contribution in [0.1, 0.15) is 40.2 Å². The second-order valence-corrected chi connectivity index (χ2v) is 8.91. The molecule has 1 aromatic carbocycles. The van der Waals surface area contributed by atoms with E-state index in [4.69, 9.17) is 4.53 Å². The monoisotopic (exact) mass is 249 g/mol. The second-order valence-electron chi connectivity index (χ2n) is 5.10. The van der Waals surface area contributed by atoms with Crippen molar-refractivity contribution in [3.05, 3.63) is 35.9 Å². The number of benzene rings is 1. The van der Waals surface area contributed by atoms with E-state index in [0.29, 0.717) is 11.1 Å². The highest BCUT2D eigenvalue weighted by molar-refractivity contribution is 6.54. The number of rotatable bonds is 5.